The van der Waals surface area contributed by atoms with Crippen molar-refractivity contribution in [1.29, 1.82) is 0 Å². The van der Waals surface area contributed by atoms with E-state index in [4.69, 9.17) is 4.42 Å². The van der Waals surface area contributed by atoms with E-state index in [0.717, 1.165) is 21.6 Å². The van der Waals surface area contributed by atoms with Crippen molar-refractivity contribution in [2.24, 2.45) is 0 Å². The smallest absolute Gasteiger partial charge is 0.295 e. The molecule has 3 aromatic carbocycles. The number of carbonyl (C=O) groups excluding carboxylic acids is 1. The van der Waals surface area contributed by atoms with E-state index >= 15 is 0 Å². The van der Waals surface area contributed by atoms with Crippen LogP contribution in [0.2, 0.25) is 0 Å². The Morgan fingerprint density at radius 3 is 2.38 bits per heavy atom. The Bertz CT molecular complexity index is 1440. The normalized spacial score (nSPS) is 15.4. The SMILES string of the molecule is CSc1ccc(C2c3c(oc4ccc(F)cc4c3=O)C(=O)N2c2ccc(C)c(C)c2)cc1. The molecule has 1 aromatic heterocycles. The van der Waals surface area contributed by atoms with Crippen molar-refractivity contribution in [3.8, 4) is 0 Å². The first-order valence-electron chi connectivity index (χ1n) is 10.2. The first-order chi connectivity index (χ1) is 15.4. The lowest BCUT2D eigenvalue weighted by molar-refractivity contribution is 0.0971. The van der Waals surface area contributed by atoms with Gasteiger partial charge in [-0.3, -0.25) is 14.5 Å². The highest BCUT2D eigenvalue weighted by Gasteiger charge is 2.43. The molecule has 1 unspecified atom stereocenters. The Kier molecular flexibility index (Phi) is 4.90. The summed E-state index contributed by atoms with van der Waals surface area (Å²) in [5.74, 6) is -0.905. The maximum atomic E-state index is 13.9. The molecule has 1 aliphatic rings. The minimum absolute atomic E-state index is 0.00581. The second-order valence-electron chi connectivity index (χ2n) is 7.93. The van der Waals surface area contributed by atoms with E-state index in [9.17, 15) is 14.0 Å². The monoisotopic (exact) mass is 445 g/mol. The van der Waals surface area contributed by atoms with Gasteiger partial charge in [-0.25, -0.2) is 4.39 Å². The summed E-state index contributed by atoms with van der Waals surface area (Å²) in [6, 6.07) is 16.6. The van der Waals surface area contributed by atoms with Crippen LogP contribution in [-0.2, 0) is 0 Å². The topological polar surface area (TPSA) is 50.5 Å². The third-order valence-corrected chi connectivity index (χ3v) is 6.78. The van der Waals surface area contributed by atoms with Crippen LogP contribution >= 0.6 is 11.8 Å². The summed E-state index contributed by atoms with van der Waals surface area (Å²) < 4.78 is 19.8. The van der Waals surface area contributed by atoms with Crippen molar-refractivity contribution in [2.45, 2.75) is 24.8 Å². The zero-order chi connectivity index (χ0) is 22.6. The molecule has 1 atom stereocenters. The Labute approximate surface area is 188 Å². The van der Waals surface area contributed by atoms with Crippen LogP contribution in [0, 0.1) is 19.7 Å². The number of carbonyl (C=O) groups is 1. The van der Waals surface area contributed by atoms with Crippen LogP contribution in [0.1, 0.15) is 38.9 Å². The fourth-order valence-electron chi connectivity index (χ4n) is 4.19. The number of anilines is 1. The molecule has 160 valence electrons. The van der Waals surface area contributed by atoms with Gasteiger partial charge in [0.05, 0.1) is 17.0 Å². The number of aryl methyl sites for hydroxylation is 2. The predicted octanol–water partition coefficient (Wildman–Crippen LogP) is 6.02. The van der Waals surface area contributed by atoms with Crippen molar-refractivity contribution in [1.82, 2.24) is 0 Å². The van der Waals surface area contributed by atoms with Crippen LogP contribution in [-0.4, -0.2) is 12.2 Å². The van der Waals surface area contributed by atoms with Gasteiger partial charge in [-0.2, -0.15) is 0 Å². The zero-order valence-corrected chi connectivity index (χ0v) is 18.6. The van der Waals surface area contributed by atoms with Gasteiger partial charge in [0.15, 0.2) is 5.43 Å². The molecule has 6 heteroatoms. The van der Waals surface area contributed by atoms with E-state index < -0.39 is 11.9 Å². The second-order valence-corrected chi connectivity index (χ2v) is 8.81. The molecule has 0 saturated carbocycles. The first kappa shape index (κ1) is 20.5. The van der Waals surface area contributed by atoms with Crippen LogP contribution < -0.4 is 10.3 Å². The lowest BCUT2D eigenvalue weighted by Crippen LogP contribution is -2.29. The summed E-state index contributed by atoms with van der Waals surface area (Å²) in [4.78, 5) is 29.8. The van der Waals surface area contributed by atoms with Crippen LogP contribution in [0.5, 0.6) is 0 Å². The largest absolute Gasteiger partial charge is 0.450 e. The predicted molar refractivity (Wildman–Crippen MR) is 125 cm³/mol. The van der Waals surface area contributed by atoms with E-state index in [1.807, 2.05) is 62.6 Å². The molecule has 0 N–H and O–H groups in total. The number of amides is 1. The van der Waals surface area contributed by atoms with Gasteiger partial charge in [0.25, 0.3) is 5.91 Å². The molecule has 4 aromatic rings. The quantitative estimate of drug-likeness (QED) is 0.362. The minimum atomic E-state index is -0.667. The molecule has 0 saturated heterocycles. The van der Waals surface area contributed by atoms with E-state index in [1.165, 1.54) is 18.2 Å². The summed E-state index contributed by atoms with van der Waals surface area (Å²) in [5, 5.41) is 0.129. The zero-order valence-electron chi connectivity index (χ0n) is 17.8. The van der Waals surface area contributed by atoms with Crippen LogP contribution in [0.15, 0.2) is 74.8 Å². The van der Waals surface area contributed by atoms with Gasteiger partial charge < -0.3 is 4.42 Å². The Morgan fingerprint density at radius 2 is 1.69 bits per heavy atom. The maximum Gasteiger partial charge on any atom is 0.295 e. The molecule has 0 radical (unpaired) electrons. The molecule has 5 rings (SSSR count). The number of halogens is 1. The van der Waals surface area contributed by atoms with Crippen LogP contribution in [0.3, 0.4) is 0 Å². The lowest BCUT2D eigenvalue weighted by atomic mass is 9.98. The highest BCUT2D eigenvalue weighted by Crippen LogP contribution is 2.42. The molecule has 1 aliphatic heterocycles. The van der Waals surface area contributed by atoms with Gasteiger partial charge in [0, 0.05) is 10.6 Å². The third kappa shape index (κ3) is 3.14. The average Bonchev–Trinajstić information content (AvgIpc) is 3.09. The molecule has 4 nitrogen and oxygen atoms in total. The Balaban J connectivity index is 1.80. The number of hydrogen-bond acceptors (Lipinski definition) is 4. The fraction of sp³-hybridized carbons (Fsp3) is 0.154. The Morgan fingerprint density at radius 1 is 0.938 bits per heavy atom. The molecule has 0 aliphatic carbocycles. The standard InChI is InChI=1S/C26H20FNO3S/c1-14-4-8-18(12-15(14)2)28-23(16-5-9-19(32-3)10-6-16)22-24(29)20-13-17(27)7-11-21(20)31-25(22)26(28)30/h4-13,23H,1-3H3. The number of benzene rings is 3. The molecular weight excluding hydrogens is 425 g/mol. The van der Waals surface area contributed by atoms with Crippen molar-refractivity contribution in [2.75, 3.05) is 11.2 Å². The maximum absolute atomic E-state index is 13.9. The van der Waals surface area contributed by atoms with E-state index in [2.05, 4.69) is 0 Å². The molecule has 0 spiro atoms. The van der Waals surface area contributed by atoms with Gasteiger partial charge in [0.2, 0.25) is 5.76 Å². The van der Waals surface area contributed by atoms with Crippen molar-refractivity contribution >= 4 is 34.3 Å². The van der Waals surface area contributed by atoms with E-state index in [1.54, 1.807) is 16.7 Å². The number of thioether (sulfide) groups is 1. The van der Waals surface area contributed by atoms with Crippen molar-refractivity contribution < 1.29 is 13.6 Å². The number of nitrogens with zero attached hydrogens (tertiary/aromatic N) is 1. The van der Waals surface area contributed by atoms with Gasteiger partial charge in [-0.05, 0) is 79.3 Å². The number of rotatable bonds is 3. The molecule has 1 amide bonds. The molecule has 2 heterocycles. The molecule has 32 heavy (non-hydrogen) atoms. The highest BCUT2D eigenvalue weighted by molar-refractivity contribution is 7.98. The van der Waals surface area contributed by atoms with Crippen molar-refractivity contribution in [3.05, 3.63) is 105 Å². The lowest BCUT2D eigenvalue weighted by Gasteiger charge is -2.26. The molecular formula is C26H20FNO3S. The minimum Gasteiger partial charge on any atom is -0.450 e. The molecule has 0 fully saturated rings. The first-order valence-corrected chi connectivity index (χ1v) is 11.4. The third-order valence-electron chi connectivity index (χ3n) is 6.03. The van der Waals surface area contributed by atoms with Crippen LogP contribution in [0.4, 0.5) is 10.1 Å². The van der Waals surface area contributed by atoms with E-state index in [0.29, 0.717) is 5.69 Å². The van der Waals surface area contributed by atoms with Crippen molar-refractivity contribution in [3.63, 3.8) is 0 Å². The van der Waals surface area contributed by atoms with Gasteiger partial charge in [-0.15, -0.1) is 11.8 Å². The fourth-order valence-corrected chi connectivity index (χ4v) is 4.60. The molecule has 0 bridgehead atoms. The van der Waals surface area contributed by atoms with Crippen LogP contribution in [0.25, 0.3) is 11.0 Å². The Hall–Kier alpha value is -3.38. The van der Waals surface area contributed by atoms with E-state index in [-0.39, 0.29) is 33.6 Å². The highest BCUT2D eigenvalue weighted by atomic mass is 32.2. The van der Waals surface area contributed by atoms with Gasteiger partial charge in [-0.1, -0.05) is 18.2 Å². The van der Waals surface area contributed by atoms with Gasteiger partial charge >= 0.3 is 0 Å². The summed E-state index contributed by atoms with van der Waals surface area (Å²) >= 11 is 1.61. The van der Waals surface area contributed by atoms with Gasteiger partial charge in [0.1, 0.15) is 11.4 Å². The summed E-state index contributed by atoms with van der Waals surface area (Å²) in [5.41, 5.74) is 3.65. The number of hydrogen-bond donors (Lipinski definition) is 0. The summed E-state index contributed by atoms with van der Waals surface area (Å²) in [6.07, 6.45) is 1.99. The summed E-state index contributed by atoms with van der Waals surface area (Å²) in [7, 11) is 0. The summed E-state index contributed by atoms with van der Waals surface area (Å²) in [6.45, 7) is 3.99. The average molecular weight is 446 g/mol. The number of fused-ring (bicyclic) bond motifs is 2. The second kappa shape index (κ2) is 7.64.